The molecule has 36 heavy (non-hydrogen) atoms. The van der Waals surface area contributed by atoms with E-state index in [-0.39, 0.29) is 29.4 Å². The predicted molar refractivity (Wildman–Crippen MR) is 133 cm³/mol. The summed E-state index contributed by atoms with van der Waals surface area (Å²) in [6.45, 7) is 7.49. The fraction of sp³-hybridized carbons (Fsp3) is 0.333. The second kappa shape index (κ2) is 11.3. The van der Waals surface area contributed by atoms with Gasteiger partial charge >= 0.3 is 0 Å². The van der Waals surface area contributed by atoms with Gasteiger partial charge in [0.1, 0.15) is 18.1 Å². The molecule has 2 fully saturated rings. The van der Waals surface area contributed by atoms with E-state index in [9.17, 15) is 19.8 Å². The van der Waals surface area contributed by atoms with Crippen molar-refractivity contribution in [2.24, 2.45) is 0 Å². The van der Waals surface area contributed by atoms with Gasteiger partial charge in [0.05, 0.1) is 31.9 Å². The number of benzene rings is 2. The third kappa shape index (κ3) is 5.22. The number of hydrogen-bond acceptors (Lipinski definition) is 8. The summed E-state index contributed by atoms with van der Waals surface area (Å²) in [5.74, 6) is -1.02. The standard InChI is InChI=1S/C27H30N2O7/c1-3-14-36-20-7-4-18(5-8-20)25(31)23-24(19-6-9-21(30)22(17-19)34-2)29(27(33)26(23)32)11-10-28-12-15-35-16-13-28/h3-9,17,24,30-31H,1,10-16H2,2H3/t24-/m1/s1. The molecule has 2 aromatic carbocycles. The van der Waals surface area contributed by atoms with Crippen LogP contribution < -0.4 is 9.47 Å². The minimum absolute atomic E-state index is 0.0190. The van der Waals surface area contributed by atoms with Crippen molar-refractivity contribution < 1.29 is 34.0 Å². The average molecular weight is 495 g/mol. The zero-order valence-electron chi connectivity index (χ0n) is 20.2. The fourth-order valence-electron chi connectivity index (χ4n) is 4.42. The van der Waals surface area contributed by atoms with E-state index in [1.54, 1.807) is 42.5 Å². The number of aromatic hydroxyl groups is 1. The molecule has 0 radical (unpaired) electrons. The first-order valence-corrected chi connectivity index (χ1v) is 11.7. The third-order valence-electron chi connectivity index (χ3n) is 6.32. The Morgan fingerprint density at radius 2 is 1.86 bits per heavy atom. The maximum Gasteiger partial charge on any atom is 0.295 e. The van der Waals surface area contributed by atoms with Gasteiger partial charge in [0, 0.05) is 31.7 Å². The number of amides is 1. The maximum absolute atomic E-state index is 13.2. The summed E-state index contributed by atoms with van der Waals surface area (Å²) in [6, 6.07) is 10.4. The number of phenols is 1. The normalized spacial score (nSPS) is 19.9. The summed E-state index contributed by atoms with van der Waals surface area (Å²) in [7, 11) is 1.42. The number of likely N-dealkylation sites (tertiary alicyclic amines) is 1. The molecular weight excluding hydrogens is 464 g/mol. The molecule has 9 nitrogen and oxygen atoms in total. The number of ether oxygens (including phenoxy) is 3. The van der Waals surface area contributed by atoms with E-state index in [0.717, 1.165) is 13.1 Å². The number of carbonyl (C=O) groups excluding carboxylic acids is 2. The van der Waals surface area contributed by atoms with Crippen LogP contribution in [0.2, 0.25) is 0 Å². The van der Waals surface area contributed by atoms with Crippen LogP contribution in [0.3, 0.4) is 0 Å². The second-order valence-electron chi connectivity index (χ2n) is 8.50. The monoisotopic (exact) mass is 494 g/mol. The molecule has 0 spiro atoms. The highest BCUT2D eigenvalue weighted by molar-refractivity contribution is 6.46. The predicted octanol–water partition coefficient (Wildman–Crippen LogP) is 2.72. The van der Waals surface area contributed by atoms with E-state index in [0.29, 0.717) is 43.2 Å². The number of Topliss-reactive ketones (excluding diaryl/α,β-unsaturated/α-hetero) is 1. The molecular formula is C27H30N2O7. The van der Waals surface area contributed by atoms with Crippen molar-refractivity contribution in [2.75, 3.05) is 53.1 Å². The lowest BCUT2D eigenvalue weighted by Crippen LogP contribution is -2.42. The average Bonchev–Trinajstić information content (AvgIpc) is 3.16. The fourth-order valence-corrected chi connectivity index (χ4v) is 4.42. The topological polar surface area (TPSA) is 109 Å². The Labute approximate surface area is 209 Å². The smallest absolute Gasteiger partial charge is 0.295 e. The lowest BCUT2D eigenvalue weighted by Gasteiger charge is -2.31. The van der Waals surface area contributed by atoms with E-state index in [4.69, 9.17) is 14.2 Å². The van der Waals surface area contributed by atoms with Crippen LogP contribution in [0.4, 0.5) is 0 Å². The molecule has 2 saturated heterocycles. The first kappa shape index (κ1) is 25.3. The molecule has 2 N–H and O–H groups in total. The molecule has 0 unspecified atom stereocenters. The Morgan fingerprint density at radius 1 is 1.14 bits per heavy atom. The van der Waals surface area contributed by atoms with Crippen molar-refractivity contribution >= 4 is 17.4 Å². The Balaban J connectivity index is 1.73. The van der Waals surface area contributed by atoms with E-state index in [2.05, 4.69) is 11.5 Å². The molecule has 190 valence electrons. The van der Waals surface area contributed by atoms with Gasteiger partial charge in [-0.15, -0.1) is 0 Å². The van der Waals surface area contributed by atoms with Crippen molar-refractivity contribution in [1.29, 1.82) is 0 Å². The zero-order chi connectivity index (χ0) is 25.7. The number of hydrogen-bond donors (Lipinski definition) is 2. The minimum Gasteiger partial charge on any atom is -0.507 e. The zero-order valence-corrected chi connectivity index (χ0v) is 20.2. The highest BCUT2D eigenvalue weighted by Gasteiger charge is 2.46. The largest absolute Gasteiger partial charge is 0.507 e. The van der Waals surface area contributed by atoms with E-state index in [1.165, 1.54) is 18.1 Å². The molecule has 4 rings (SSSR count). The van der Waals surface area contributed by atoms with Gasteiger partial charge in [-0.2, -0.15) is 0 Å². The lowest BCUT2D eigenvalue weighted by molar-refractivity contribution is -0.140. The number of rotatable bonds is 9. The first-order chi connectivity index (χ1) is 17.4. The van der Waals surface area contributed by atoms with Crippen molar-refractivity contribution in [3.8, 4) is 17.2 Å². The Hall–Kier alpha value is -3.82. The summed E-state index contributed by atoms with van der Waals surface area (Å²) in [4.78, 5) is 30.1. The van der Waals surface area contributed by atoms with Crippen LogP contribution in [0, 0.1) is 0 Å². The summed E-state index contributed by atoms with van der Waals surface area (Å²) in [5.41, 5.74) is 0.899. The number of nitrogens with zero attached hydrogens (tertiary/aromatic N) is 2. The number of ketones is 1. The van der Waals surface area contributed by atoms with Gasteiger partial charge in [-0.25, -0.2) is 0 Å². The summed E-state index contributed by atoms with van der Waals surface area (Å²) < 4.78 is 16.1. The number of aliphatic hydroxyl groups excluding tert-OH is 1. The molecule has 1 amide bonds. The molecule has 2 aliphatic rings. The summed E-state index contributed by atoms with van der Waals surface area (Å²) in [5, 5.41) is 21.3. The van der Waals surface area contributed by atoms with Crippen molar-refractivity contribution in [3.05, 3.63) is 71.8 Å². The molecule has 2 aromatic rings. The van der Waals surface area contributed by atoms with Crippen LogP contribution in [0.15, 0.2) is 60.7 Å². The number of aliphatic hydroxyl groups is 1. The van der Waals surface area contributed by atoms with Crippen molar-refractivity contribution in [1.82, 2.24) is 9.80 Å². The molecule has 0 aromatic heterocycles. The van der Waals surface area contributed by atoms with Crippen LogP contribution in [-0.4, -0.2) is 84.8 Å². The van der Waals surface area contributed by atoms with E-state index < -0.39 is 17.7 Å². The van der Waals surface area contributed by atoms with Crippen molar-refractivity contribution in [3.63, 3.8) is 0 Å². The molecule has 0 aliphatic carbocycles. The molecule has 1 atom stereocenters. The lowest BCUT2D eigenvalue weighted by atomic mass is 9.95. The highest BCUT2D eigenvalue weighted by Crippen LogP contribution is 2.41. The number of methoxy groups -OCH3 is 1. The number of morpholine rings is 1. The molecule has 9 heteroatoms. The van der Waals surface area contributed by atoms with Gasteiger partial charge in [-0.05, 0) is 42.0 Å². The molecule has 0 saturated carbocycles. The Kier molecular flexibility index (Phi) is 7.92. The molecule has 0 bridgehead atoms. The van der Waals surface area contributed by atoms with Crippen LogP contribution in [0.25, 0.3) is 5.76 Å². The highest BCUT2D eigenvalue weighted by atomic mass is 16.5. The second-order valence-corrected chi connectivity index (χ2v) is 8.50. The minimum atomic E-state index is -0.850. The van der Waals surface area contributed by atoms with Gasteiger partial charge in [-0.3, -0.25) is 14.5 Å². The van der Waals surface area contributed by atoms with Crippen LogP contribution in [0.5, 0.6) is 17.2 Å². The van der Waals surface area contributed by atoms with Crippen LogP contribution in [0.1, 0.15) is 17.2 Å². The Bertz CT molecular complexity index is 1150. The Morgan fingerprint density at radius 3 is 2.53 bits per heavy atom. The third-order valence-corrected chi connectivity index (χ3v) is 6.32. The van der Waals surface area contributed by atoms with Crippen molar-refractivity contribution in [2.45, 2.75) is 6.04 Å². The van der Waals surface area contributed by atoms with E-state index in [1.807, 2.05) is 0 Å². The summed E-state index contributed by atoms with van der Waals surface area (Å²) in [6.07, 6.45) is 1.62. The maximum atomic E-state index is 13.2. The summed E-state index contributed by atoms with van der Waals surface area (Å²) >= 11 is 0. The SMILES string of the molecule is C=CCOc1ccc(C(O)=C2C(=O)C(=O)N(CCN3CCOCC3)[C@@H]2c2ccc(O)c(OC)c2)cc1. The molecule has 2 heterocycles. The van der Waals surface area contributed by atoms with Gasteiger partial charge in [-0.1, -0.05) is 18.7 Å². The molecule has 2 aliphatic heterocycles. The number of carbonyl (C=O) groups is 2. The number of phenolic OH excluding ortho intramolecular Hbond substituents is 1. The van der Waals surface area contributed by atoms with Gasteiger partial charge in [0.25, 0.3) is 11.7 Å². The van der Waals surface area contributed by atoms with Gasteiger partial charge in [0.2, 0.25) is 0 Å². The van der Waals surface area contributed by atoms with Gasteiger partial charge in [0.15, 0.2) is 11.5 Å². The van der Waals surface area contributed by atoms with Gasteiger partial charge < -0.3 is 29.3 Å². The van der Waals surface area contributed by atoms with Crippen LogP contribution >= 0.6 is 0 Å². The van der Waals surface area contributed by atoms with E-state index >= 15 is 0 Å². The quantitative estimate of drug-likeness (QED) is 0.237. The first-order valence-electron chi connectivity index (χ1n) is 11.7. The van der Waals surface area contributed by atoms with Crippen LogP contribution in [-0.2, 0) is 14.3 Å².